The lowest BCUT2D eigenvalue weighted by Gasteiger charge is -2.15. The van der Waals surface area contributed by atoms with Gasteiger partial charge in [-0.1, -0.05) is 30.3 Å². The molecular formula is C17H15FO. The van der Waals surface area contributed by atoms with Crippen molar-refractivity contribution in [2.75, 3.05) is 0 Å². The van der Waals surface area contributed by atoms with Gasteiger partial charge in [0.2, 0.25) is 0 Å². The van der Waals surface area contributed by atoms with Gasteiger partial charge in [-0.25, -0.2) is 4.39 Å². The van der Waals surface area contributed by atoms with Crippen molar-refractivity contribution < 1.29 is 9.18 Å². The zero-order valence-corrected chi connectivity index (χ0v) is 10.8. The highest BCUT2D eigenvalue weighted by atomic mass is 19.1. The quantitative estimate of drug-likeness (QED) is 0.755. The number of halogens is 1. The number of carbonyl (C=O) groups excluding carboxylic acids is 1. The zero-order chi connectivity index (χ0) is 13.5. The van der Waals surface area contributed by atoms with Crippen LogP contribution in [0, 0.1) is 12.7 Å². The molecule has 0 aromatic heterocycles. The van der Waals surface area contributed by atoms with Crippen molar-refractivity contribution in [2.24, 2.45) is 0 Å². The Balaban J connectivity index is 1.98. The molecule has 2 heteroatoms. The minimum atomic E-state index is -0.370. The second-order valence-electron chi connectivity index (χ2n) is 5.24. The van der Waals surface area contributed by atoms with Crippen molar-refractivity contribution >= 4 is 5.78 Å². The maximum Gasteiger partial charge on any atom is 0.173 e. The first kappa shape index (κ1) is 12.1. The van der Waals surface area contributed by atoms with Crippen LogP contribution >= 0.6 is 0 Å². The van der Waals surface area contributed by atoms with Crippen LogP contribution in [0.15, 0.2) is 48.5 Å². The fraction of sp³-hybridized carbons (Fsp3) is 0.235. The van der Waals surface area contributed by atoms with E-state index >= 15 is 0 Å². The van der Waals surface area contributed by atoms with Crippen LogP contribution in [-0.4, -0.2) is 5.78 Å². The first-order valence-electron chi connectivity index (χ1n) is 6.50. The third-order valence-corrected chi connectivity index (χ3v) is 3.93. The summed E-state index contributed by atoms with van der Waals surface area (Å²) < 4.78 is 13.3. The van der Waals surface area contributed by atoms with Crippen LogP contribution in [0.4, 0.5) is 4.39 Å². The van der Waals surface area contributed by atoms with E-state index in [1.54, 1.807) is 19.1 Å². The summed E-state index contributed by atoms with van der Waals surface area (Å²) in [6.07, 6.45) is 1.76. The van der Waals surface area contributed by atoms with Crippen LogP contribution < -0.4 is 0 Å². The molecule has 0 aliphatic heterocycles. The molecule has 2 aromatic carbocycles. The van der Waals surface area contributed by atoms with Crippen LogP contribution in [0.25, 0.3) is 0 Å². The smallest absolute Gasteiger partial charge is 0.173 e. The number of ketones is 1. The number of Topliss-reactive ketones (excluding diaryl/α,β-unsaturated/α-hetero) is 1. The van der Waals surface area contributed by atoms with Crippen molar-refractivity contribution in [1.29, 1.82) is 0 Å². The Morgan fingerprint density at radius 2 is 1.79 bits per heavy atom. The van der Waals surface area contributed by atoms with Crippen LogP contribution in [0.5, 0.6) is 0 Å². The molecule has 1 aliphatic carbocycles. The van der Waals surface area contributed by atoms with Crippen molar-refractivity contribution in [2.45, 2.75) is 25.2 Å². The fourth-order valence-corrected chi connectivity index (χ4v) is 2.59. The number of rotatable bonds is 3. The molecule has 1 aliphatic rings. The highest BCUT2D eigenvalue weighted by Gasteiger charge is 2.51. The Morgan fingerprint density at radius 3 is 2.37 bits per heavy atom. The Hall–Kier alpha value is -1.96. The maximum absolute atomic E-state index is 13.3. The summed E-state index contributed by atoms with van der Waals surface area (Å²) in [6, 6.07) is 14.5. The molecule has 0 radical (unpaired) electrons. The molecule has 0 spiro atoms. The highest BCUT2D eigenvalue weighted by molar-refractivity contribution is 6.06. The molecule has 1 saturated carbocycles. The summed E-state index contributed by atoms with van der Waals surface area (Å²) in [5.74, 6) is -0.150. The number of aryl methyl sites for hydroxylation is 1. The fourth-order valence-electron chi connectivity index (χ4n) is 2.59. The van der Waals surface area contributed by atoms with Gasteiger partial charge in [0.15, 0.2) is 5.78 Å². The van der Waals surface area contributed by atoms with Gasteiger partial charge in [-0.15, -0.1) is 0 Å². The van der Waals surface area contributed by atoms with Gasteiger partial charge in [-0.3, -0.25) is 4.79 Å². The van der Waals surface area contributed by atoms with Gasteiger partial charge >= 0.3 is 0 Å². The number of benzene rings is 2. The number of hydrogen-bond donors (Lipinski definition) is 0. The van der Waals surface area contributed by atoms with Crippen LogP contribution in [0.2, 0.25) is 0 Å². The lowest BCUT2D eigenvalue weighted by atomic mass is 9.87. The largest absolute Gasteiger partial charge is 0.293 e. The van der Waals surface area contributed by atoms with Crippen LogP contribution in [0.3, 0.4) is 0 Å². The average Bonchev–Trinajstić information content (AvgIpc) is 3.24. The molecule has 19 heavy (non-hydrogen) atoms. The van der Waals surface area contributed by atoms with Gasteiger partial charge < -0.3 is 0 Å². The molecule has 0 N–H and O–H groups in total. The minimum Gasteiger partial charge on any atom is -0.293 e. The van der Waals surface area contributed by atoms with Gasteiger partial charge in [0, 0.05) is 5.56 Å². The summed E-state index contributed by atoms with van der Waals surface area (Å²) in [5, 5.41) is 0. The molecule has 2 aromatic rings. The van der Waals surface area contributed by atoms with Crippen LogP contribution in [-0.2, 0) is 5.41 Å². The third kappa shape index (κ3) is 1.97. The monoisotopic (exact) mass is 254 g/mol. The zero-order valence-electron chi connectivity index (χ0n) is 10.8. The Labute approximate surface area is 112 Å². The van der Waals surface area contributed by atoms with E-state index < -0.39 is 0 Å². The van der Waals surface area contributed by atoms with Crippen molar-refractivity contribution in [3.63, 3.8) is 0 Å². The molecule has 0 saturated heterocycles. The number of hydrogen-bond acceptors (Lipinski definition) is 1. The standard InChI is InChI=1S/C17H15FO/c1-12-11-13(7-8-15(12)18)16(19)17(9-10-17)14-5-3-2-4-6-14/h2-8,11H,9-10H2,1H3. The first-order chi connectivity index (χ1) is 9.13. The summed E-state index contributed by atoms with van der Waals surface area (Å²) >= 11 is 0. The van der Waals surface area contributed by atoms with Gasteiger partial charge in [0.1, 0.15) is 5.82 Å². The summed E-state index contributed by atoms with van der Waals surface area (Å²) in [6.45, 7) is 1.69. The molecule has 3 rings (SSSR count). The van der Waals surface area contributed by atoms with Crippen molar-refractivity contribution in [1.82, 2.24) is 0 Å². The molecule has 1 nitrogen and oxygen atoms in total. The second kappa shape index (κ2) is 4.30. The number of carbonyl (C=O) groups is 1. The summed E-state index contributed by atoms with van der Waals surface area (Å²) in [7, 11) is 0. The lowest BCUT2D eigenvalue weighted by Crippen LogP contribution is -2.20. The van der Waals surface area contributed by atoms with Crippen molar-refractivity contribution in [3.8, 4) is 0 Å². The molecule has 0 bridgehead atoms. The van der Waals surface area contributed by atoms with E-state index in [1.165, 1.54) is 6.07 Å². The predicted molar refractivity (Wildman–Crippen MR) is 72.8 cm³/mol. The Morgan fingerprint density at radius 1 is 1.11 bits per heavy atom. The van der Waals surface area contributed by atoms with E-state index in [4.69, 9.17) is 0 Å². The lowest BCUT2D eigenvalue weighted by molar-refractivity contribution is 0.0946. The Kier molecular flexibility index (Phi) is 2.74. The topological polar surface area (TPSA) is 17.1 Å². The Bertz CT molecular complexity index is 627. The van der Waals surface area contributed by atoms with Crippen molar-refractivity contribution in [3.05, 3.63) is 71.0 Å². The molecule has 96 valence electrons. The van der Waals surface area contributed by atoms with E-state index in [0.29, 0.717) is 11.1 Å². The predicted octanol–water partition coefficient (Wildman–Crippen LogP) is 4.05. The molecule has 1 fully saturated rings. The van der Waals surface area contributed by atoms with Gasteiger partial charge in [0.05, 0.1) is 5.41 Å². The second-order valence-corrected chi connectivity index (χ2v) is 5.24. The van der Waals surface area contributed by atoms with E-state index in [1.807, 2.05) is 30.3 Å². The molecule has 0 heterocycles. The average molecular weight is 254 g/mol. The first-order valence-corrected chi connectivity index (χ1v) is 6.50. The van der Waals surface area contributed by atoms with E-state index in [0.717, 1.165) is 18.4 Å². The summed E-state index contributed by atoms with van der Waals surface area (Å²) in [5.41, 5.74) is 1.84. The van der Waals surface area contributed by atoms with Gasteiger partial charge in [-0.05, 0) is 49.1 Å². The molecule has 0 amide bonds. The summed E-state index contributed by atoms with van der Waals surface area (Å²) in [4.78, 5) is 12.7. The van der Waals surface area contributed by atoms with Gasteiger partial charge in [0.25, 0.3) is 0 Å². The maximum atomic E-state index is 13.3. The van der Waals surface area contributed by atoms with E-state index in [-0.39, 0.29) is 17.0 Å². The molecule has 0 atom stereocenters. The van der Waals surface area contributed by atoms with Gasteiger partial charge in [-0.2, -0.15) is 0 Å². The van der Waals surface area contributed by atoms with Crippen LogP contribution in [0.1, 0.15) is 34.3 Å². The SMILES string of the molecule is Cc1cc(C(=O)C2(c3ccccc3)CC2)ccc1F. The molecular weight excluding hydrogens is 239 g/mol. The third-order valence-electron chi connectivity index (χ3n) is 3.93. The van der Waals surface area contributed by atoms with E-state index in [2.05, 4.69) is 0 Å². The normalized spacial score (nSPS) is 16.1. The molecule has 0 unspecified atom stereocenters. The highest BCUT2D eigenvalue weighted by Crippen LogP contribution is 2.50. The minimum absolute atomic E-state index is 0.113. The van der Waals surface area contributed by atoms with E-state index in [9.17, 15) is 9.18 Å².